The van der Waals surface area contributed by atoms with Crippen molar-refractivity contribution >= 4 is 11.5 Å². The van der Waals surface area contributed by atoms with Crippen molar-refractivity contribution in [2.24, 2.45) is 0 Å². The maximum atomic E-state index is 9.48. The zero-order chi connectivity index (χ0) is 14.1. The Bertz CT molecular complexity index is 735. The van der Waals surface area contributed by atoms with Gasteiger partial charge in [0.2, 0.25) is 5.82 Å². The SMILES string of the molecule is CC(C)c1nnsc1-c1nc(-c2cccc(O)c2)no1. The summed E-state index contributed by atoms with van der Waals surface area (Å²) in [6.45, 7) is 4.07. The van der Waals surface area contributed by atoms with E-state index in [1.54, 1.807) is 18.2 Å². The van der Waals surface area contributed by atoms with Crippen LogP contribution >= 0.6 is 11.5 Å². The molecule has 2 aromatic heterocycles. The summed E-state index contributed by atoms with van der Waals surface area (Å²) in [7, 11) is 0. The van der Waals surface area contributed by atoms with Gasteiger partial charge in [0, 0.05) is 5.56 Å². The lowest BCUT2D eigenvalue weighted by atomic mass is 10.1. The van der Waals surface area contributed by atoms with Gasteiger partial charge < -0.3 is 9.63 Å². The largest absolute Gasteiger partial charge is 0.508 e. The molecule has 20 heavy (non-hydrogen) atoms. The van der Waals surface area contributed by atoms with Crippen LogP contribution in [0.5, 0.6) is 5.75 Å². The van der Waals surface area contributed by atoms with Crippen molar-refractivity contribution in [1.82, 2.24) is 19.7 Å². The first kappa shape index (κ1) is 12.7. The van der Waals surface area contributed by atoms with E-state index in [2.05, 4.69) is 19.7 Å². The Balaban J connectivity index is 2.00. The summed E-state index contributed by atoms with van der Waals surface area (Å²) in [6.07, 6.45) is 0. The van der Waals surface area contributed by atoms with Gasteiger partial charge in [-0.1, -0.05) is 35.6 Å². The normalized spacial score (nSPS) is 11.2. The third kappa shape index (κ3) is 2.27. The quantitative estimate of drug-likeness (QED) is 0.797. The molecule has 6 nitrogen and oxygen atoms in total. The molecule has 0 amide bonds. The lowest BCUT2D eigenvalue weighted by Gasteiger charge is -1.98. The van der Waals surface area contributed by atoms with Crippen LogP contribution in [0, 0.1) is 0 Å². The van der Waals surface area contributed by atoms with Crippen LogP contribution in [0.25, 0.3) is 22.2 Å². The standard InChI is InChI=1S/C13H12N4O2S/c1-7(2)10-11(20-17-15-10)13-14-12(16-19-13)8-4-3-5-9(18)6-8/h3-7,18H,1-2H3. The molecule has 0 radical (unpaired) electrons. The third-order valence-corrected chi connectivity index (χ3v) is 3.51. The zero-order valence-corrected chi connectivity index (χ0v) is 11.8. The van der Waals surface area contributed by atoms with Crippen LogP contribution in [-0.4, -0.2) is 24.8 Å². The van der Waals surface area contributed by atoms with Gasteiger partial charge in [0.25, 0.3) is 5.89 Å². The van der Waals surface area contributed by atoms with Crippen molar-refractivity contribution in [1.29, 1.82) is 0 Å². The number of phenolic OH excluding ortho intramolecular Hbond substituents is 1. The number of hydrogen-bond acceptors (Lipinski definition) is 7. The number of phenols is 1. The molecule has 0 saturated heterocycles. The van der Waals surface area contributed by atoms with Gasteiger partial charge in [-0.2, -0.15) is 4.98 Å². The summed E-state index contributed by atoms with van der Waals surface area (Å²) in [4.78, 5) is 5.14. The molecular weight excluding hydrogens is 276 g/mol. The minimum atomic E-state index is 0.163. The lowest BCUT2D eigenvalue weighted by Crippen LogP contribution is -1.90. The summed E-state index contributed by atoms with van der Waals surface area (Å²) >= 11 is 1.24. The highest BCUT2D eigenvalue weighted by atomic mass is 32.1. The molecule has 3 aromatic rings. The maximum absolute atomic E-state index is 9.48. The zero-order valence-electron chi connectivity index (χ0n) is 10.9. The predicted molar refractivity (Wildman–Crippen MR) is 74.4 cm³/mol. The average Bonchev–Trinajstić information content (AvgIpc) is 3.07. The van der Waals surface area contributed by atoms with E-state index < -0.39 is 0 Å². The van der Waals surface area contributed by atoms with Crippen molar-refractivity contribution in [3.8, 4) is 27.9 Å². The molecule has 0 aliphatic heterocycles. The fourth-order valence-corrected chi connectivity index (χ4v) is 2.54. The van der Waals surface area contributed by atoms with E-state index in [1.807, 2.05) is 19.9 Å². The predicted octanol–water partition coefficient (Wildman–Crippen LogP) is 3.08. The van der Waals surface area contributed by atoms with Gasteiger partial charge in [-0.15, -0.1) is 5.10 Å². The summed E-state index contributed by atoms with van der Waals surface area (Å²) in [5, 5.41) is 17.5. The molecule has 0 aliphatic rings. The van der Waals surface area contributed by atoms with E-state index >= 15 is 0 Å². The van der Waals surface area contributed by atoms with E-state index in [9.17, 15) is 5.11 Å². The second kappa shape index (κ2) is 5.01. The van der Waals surface area contributed by atoms with Crippen molar-refractivity contribution in [2.45, 2.75) is 19.8 Å². The summed E-state index contributed by atoms with van der Waals surface area (Å²) < 4.78 is 9.22. The Morgan fingerprint density at radius 2 is 2.15 bits per heavy atom. The molecule has 0 saturated carbocycles. The molecule has 1 N–H and O–H groups in total. The molecule has 0 atom stereocenters. The number of nitrogens with zero attached hydrogens (tertiary/aromatic N) is 4. The first-order valence-corrected chi connectivity index (χ1v) is 6.88. The van der Waals surface area contributed by atoms with Gasteiger partial charge in [0.1, 0.15) is 10.6 Å². The molecule has 102 valence electrons. The molecule has 0 unspecified atom stereocenters. The van der Waals surface area contributed by atoms with Gasteiger partial charge in [-0.25, -0.2) is 0 Å². The Morgan fingerprint density at radius 1 is 1.30 bits per heavy atom. The monoisotopic (exact) mass is 288 g/mol. The number of aromatic hydroxyl groups is 1. The minimum absolute atomic E-state index is 0.163. The topological polar surface area (TPSA) is 84.9 Å². The minimum Gasteiger partial charge on any atom is -0.508 e. The number of aromatic nitrogens is 4. The molecule has 0 bridgehead atoms. The first-order valence-electron chi connectivity index (χ1n) is 6.11. The first-order chi connectivity index (χ1) is 9.65. The molecule has 0 spiro atoms. The van der Waals surface area contributed by atoms with E-state index in [4.69, 9.17) is 4.52 Å². The van der Waals surface area contributed by atoms with Gasteiger partial charge >= 0.3 is 0 Å². The summed E-state index contributed by atoms with van der Waals surface area (Å²) in [5.74, 6) is 1.23. The van der Waals surface area contributed by atoms with Crippen molar-refractivity contribution in [3.05, 3.63) is 30.0 Å². The van der Waals surface area contributed by atoms with Gasteiger partial charge in [-0.3, -0.25) is 0 Å². The Labute approximate surface area is 119 Å². The fraction of sp³-hybridized carbons (Fsp3) is 0.231. The fourth-order valence-electron chi connectivity index (χ4n) is 1.80. The van der Waals surface area contributed by atoms with Crippen molar-refractivity contribution in [3.63, 3.8) is 0 Å². The van der Waals surface area contributed by atoms with Crippen LogP contribution in [0.4, 0.5) is 0 Å². The molecule has 1 aromatic carbocycles. The van der Waals surface area contributed by atoms with Crippen LogP contribution in [0.1, 0.15) is 25.5 Å². The van der Waals surface area contributed by atoms with Crippen molar-refractivity contribution in [2.75, 3.05) is 0 Å². The highest BCUT2D eigenvalue weighted by molar-refractivity contribution is 7.09. The Hall–Kier alpha value is -2.28. The van der Waals surface area contributed by atoms with Crippen LogP contribution in [0.15, 0.2) is 28.8 Å². The van der Waals surface area contributed by atoms with E-state index in [0.29, 0.717) is 17.3 Å². The molecule has 2 heterocycles. The molecule has 0 aliphatic carbocycles. The Kier molecular flexibility index (Phi) is 3.19. The number of rotatable bonds is 3. The lowest BCUT2D eigenvalue weighted by molar-refractivity contribution is 0.432. The Morgan fingerprint density at radius 3 is 2.90 bits per heavy atom. The second-order valence-electron chi connectivity index (χ2n) is 4.62. The maximum Gasteiger partial charge on any atom is 0.271 e. The molecular formula is C13H12N4O2S. The van der Waals surface area contributed by atoms with Crippen LogP contribution < -0.4 is 0 Å². The number of hydrogen-bond donors (Lipinski definition) is 1. The number of benzene rings is 1. The van der Waals surface area contributed by atoms with E-state index in [1.165, 1.54) is 11.5 Å². The molecule has 0 fully saturated rings. The van der Waals surface area contributed by atoms with Crippen LogP contribution in [0.3, 0.4) is 0 Å². The molecule has 3 rings (SSSR count). The average molecular weight is 288 g/mol. The van der Waals surface area contributed by atoms with Crippen molar-refractivity contribution < 1.29 is 9.63 Å². The second-order valence-corrected chi connectivity index (χ2v) is 5.37. The smallest absolute Gasteiger partial charge is 0.271 e. The van der Waals surface area contributed by atoms with Crippen LogP contribution in [-0.2, 0) is 0 Å². The van der Waals surface area contributed by atoms with Gasteiger partial charge in [0.05, 0.1) is 5.69 Å². The van der Waals surface area contributed by atoms with E-state index in [0.717, 1.165) is 10.6 Å². The van der Waals surface area contributed by atoms with E-state index in [-0.39, 0.29) is 11.7 Å². The van der Waals surface area contributed by atoms with Crippen LogP contribution in [0.2, 0.25) is 0 Å². The summed E-state index contributed by atoms with van der Waals surface area (Å²) in [6, 6.07) is 6.72. The highest BCUT2D eigenvalue weighted by Crippen LogP contribution is 2.31. The van der Waals surface area contributed by atoms with Gasteiger partial charge in [0.15, 0.2) is 0 Å². The summed E-state index contributed by atoms with van der Waals surface area (Å²) in [5.41, 5.74) is 1.55. The third-order valence-electron chi connectivity index (χ3n) is 2.78. The molecule has 7 heteroatoms. The highest BCUT2D eigenvalue weighted by Gasteiger charge is 2.19. The van der Waals surface area contributed by atoms with Gasteiger partial charge in [-0.05, 0) is 29.6 Å².